The molecule has 2 aromatic rings. The first kappa shape index (κ1) is 18.0. The molecule has 1 aliphatic rings. The first-order valence-electron chi connectivity index (χ1n) is 8.67. The van der Waals surface area contributed by atoms with Gasteiger partial charge in [0.1, 0.15) is 6.10 Å². The lowest BCUT2D eigenvalue weighted by Crippen LogP contribution is -2.32. The molecule has 0 fully saturated rings. The van der Waals surface area contributed by atoms with Crippen LogP contribution in [0.1, 0.15) is 52.3 Å². The van der Waals surface area contributed by atoms with Crippen molar-refractivity contribution >= 4 is 12.1 Å². The summed E-state index contributed by atoms with van der Waals surface area (Å²) < 4.78 is 7.31. The SMILES string of the molecule is Cc1cc(C)cc(C(C)OC(=O)N2CCCn3nc(C(=O)O)cc3C2)c1. The number of aromatic nitrogens is 2. The average Bonchev–Trinajstić information content (AvgIpc) is 2.86. The molecule has 138 valence electrons. The highest BCUT2D eigenvalue weighted by Gasteiger charge is 2.24. The minimum absolute atomic E-state index is 0.00109. The molecule has 0 spiro atoms. The van der Waals surface area contributed by atoms with Crippen molar-refractivity contribution in [2.24, 2.45) is 0 Å². The minimum Gasteiger partial charge on any atom is -0.476 e. The van der Waals surface area contributed by atoms with Gasteiger partial charge in [-0.2, -0.15) is 5.10 Å². The van der Waals surface area contributed by atoms with Crippen LogP contribution in [0.2, 0.25) is 0 Å². The highest BCUT2D eigenvalue weighted by molar-refractivity contribution is 5.85. The van der Waals surface area contributed by atoms with Gasteiger partial charge in [-0.05, 0) is 38.8 Å². The fourth-order valence-corrected chi connectivity index (χ4v) is 3.26. The number of ether oxygens (including phenoxy) is 1. The predicted octanol–water partition coefficient (Wildman–Crippen LogP) is 3.30. The number of aromatic carboxylic acids is 1. The van der Waals surface area contributed by atoms with E-state index in [1.54, 1.807) is 9.58 Å². The van der Waals surface area contributed by atoms with E-state index in [2.05, 4.69) is 11.2 Å². The number of carboxylic acid groups (broad SMARTS) is 1. The monoisotopic (exact) mass is 357 g/mol. The topological polar surface area (TPSA) is 84.7 Å². The highest BCUT2D eigenvalue weighted by atomic mass is 16.6. The second-order valence-corrected chi connectivity index (χ2v) is 6.77. The maximum Gasteiger partial charge on any atom is 0.410 e. The van der Waals surface area contributed by atoms with Crippen LogP contribution in [0.3, 0.4) is 0 Å². The first-order chi connectivity index (χ1) is 12.3. The van der Waals surface area contributed by atoms with Crippen molar-refractivity contribution in [2.45, 2.75) is 46.4 Å². The van der Waals surface area contributed by atoms with Gasteiger partial charge < -0.3 is 14.7 Å². The molecule has 0 radical (unpaired) electrons. The molecule has 26 heavy (non-hydrogen) atoms. The Hall–Kier alpha value is -2.83. The van der Waals surface area contributed by atoms with E-state index in [4.69, 9.17) is 9.84 Å². The highest BCUT2D eigenvalue weighted by Crippen LogP contribution is 2.22. The minimum atomic E-state index is -1.07. The van der Waals surface area contributed by atoms with Crippen LogP contribution >= 0.6 is 0 Å². The van der Waals surface area contributed by atoms with Crippen LogP contribution in [0.25, 0.3) is 0 Å². The van der Waals surface area contributed by atoms with Gasteiger partial charge in [-0.1, -0.05) is 29.3 Å². The second-order valence-electron chi connectivity index (χ2n) is 6.77. The Morgan fingerprint density at radius 1 is 1.15 bits per heavy atom. The molecule has 1 unspecified atom stereocenters. The summed E-state index contributed by atoms with van der Waals surface area (Å²) in [6.45, 7) is 7.31. The third-order valence-electron chi connectivity index (χ3n) is 4.48. The van der Waals surface area contributed by atoms with Crippen LogP contribution < -0.4 is 0 Å². The molecule has 1 N–H and O–H groups in total. The van der Waals surface area contributed by atoms with Gasteiger partial charge >= 0.3 is 12.1 Å². The molecule has 3 rings (SSSR count). The first-order valence-corrected chi connectivity index (χ1v) is 8.67. The largest absolute Gasteiger partial charge is 0.476 e. The van der Waals surface area contributed by atoms with Gasteiger partial charge in [0.2, 0.25) is 0 Å². The zero-order valence-corrected chi connectivity index (χ0v) is 15.2. The van der Waals surface area contributed by atoms with E-state index in [0.29, 0.717) is 31.7 Å². The molecular formula is C19H23N3O4. The quantitative estimate of drug-likeness (QED) is 0.911. The van der Waals surface area contributed by atoms with Gasteiger partial charge in [-0.3, -0.25) is 4.68 Å². The van der Waals surface area contributed by atoms with E-state index in [9.17, 15) is 9.59 Å². The van der Waals surface area contributed by atoms with E-state index in [1.165, 1.54) is 6.07 Å². The van der Waals surface area contributed by atoms with Gasteiger partial charge in [0.25, 0.3) is 0 Å². The van der Waals surface area contributed by atoms with Crippen LogP contribution in [0.4, 0.5) is 4.79 Å². The molecule has 0 saturated heterocycles. The van der Waals surface area contributed by atoms with Gasteiger partial charge in [-0.25, -0.2) is 9.59 Å². The molecule has 7 nitrogen and oxygen atoms in total. The lowest BCUT2D eigenvalue weighted by Gasteiger charge is -2.23. The van der Waals surface area contributed by atoms with Crippen molar-refractivity contribution in [3.8, 4) is 0 Å². The number of carboxylic acids is 1. The molecule has 1 aromatic heterocycles. The van der Waals surface area contributed by atoms with E-state index >= 15 is 0 Å². The van der Waals surface area contributed by atoms with Crippen LogP contribution in [-0.2, 0) is 17.8 Å². The van der Waals surface area contributed by atoms with Gasteiger partial charge in [0.15, 0.2) is 5.69 Å². The summed E-state index contributed by atoms with van der Waals surface area (Å²) in [5.74, 6) is -1.07. The van der Waals surface area contributed by atoms with E-state index < -0.39 is 12.1 Å². The standard InChI is InChI=1S/C19H23N3O4/c1-12-7-13(2)9-15(8-12)14(3)26-19(25)21-5-4-6-22-16(11-21)10-17(20-22)18(23)24/h7-10,14H,4-6,11H2,1-3H3,(H,23,24). The number of rotatable bonds is 3. The average molecular weight is 357 g/mol. The number of nitrogens with zero attached hydrogens (tertiary/aromatic N) is 3. The Morgan fingerprint density at radius 3 is 2.50 bits per heavy atom. The predicted molar refractivity (Wildman–Crippen MR) is 95.0 cm³/mol. The molecular weight excluding hydrogens is 334 g/mol. The summed E-state index contributed by atoms with van der Waals surface area (Å²) in [6.07, 6.45) is -0.0622. The number of aryl methyl sites for hydroxylation is 3. The zero-order chi connectivity index (χ0) is 18.8. The molecule has 0 aliphatic carbocycles. The summed E-state index contributed by atoms with van der Waals surface area (Å²) in [6, 6.07) is 7.62. The Labute approximate surface area is 152 Å². The number of amides is 1. The van der Waals surface area contributed by atoms with Crippen LogP contribution in [0.15, 0.2) is 24.3 Å². The van der Waals surface area contributed by atoms with Crippen molar-refractivity contribution in [3.05, 3.63) is 52.3 Å². The molecule has 0 bridgehead atoms. The lowest BCUT2D eigenvalue weighted by atomic mass is 10.0. The molecule has 2 heterocycles. The second kappa shape index (κ2) is 7.19. The number of hydrogen-bond acceptors (Lipinski definition) is 4. The van der Waals surface area contributed by atoms with Crippen LogP contribution in [0.5, 0.6) is 0 Å². The van der Waals surface area contributed by atoms with Gasteiger partial charge in [-0.15, -0.1) is 0 Å². The summed E-state index contributed by atoms with van der Waals surface area (Å²) >= 11 is 0. The summed E-state index contributed by atoms with van der Waals surface area (Å²) in [5, 5.41) is 13.2. The lowest BCUT2D eigenvalue weighted by molar-refractivity contribution is 0.0677. The third kappa shape index (κ3) is 3.87. The fraction of sp³-hybridized carbons (Fsp3) is 0.421. The normalized spacial score (nSPS) is 15.1. The maximum absolute atomic E-state index is 12.6. The Kier molecular flexibility index (Phi) is 4.97. The number of carbonyl (C=O) groups is 2. The molecule has 7 heteroatoms. The van der Waals surface area contributed by atoms with E-state index in [1.807, 2.05) is 32.9 Å². The zero-order valence-electron chi connectivity index (χ0n) is 15.2. The smallest absolute Gasteiger partial charge is 0.410 e. The summed E-state index contributed by atoms with van der Waals surface area (Å²) in [5.41, 5.74) is 3.92. The number of hydrogen-bond donors (Lipinski definition) is 1. The Bertz CT molecular complexity index is 823. The van der Waals surface area contributed by atoms with E-state index in [0.717, 1.165) is 16.7 Å². The Morgan fingerprint density at radius 2 is 1.85 bits per heavy atom. The van der Waals surface area contributed by atoms with Crippen LogP contribution in [-0.4, -0.2) is 38.4 Å². The summed E-state index contributed by atoms with van der Waals surface area (Å²) in [4.78, 5) is 25.3. The van der Waals surface area contributed by atoms with Gasteiger partial charge in [0, 0.05) is 13.1 Å². The Balaban J connectivity index is 1.71. The molecule has 1 aromatic carbocycles. The van der Waals surface area contributed by atoms with Crippen LogP contribution in [0, 0.1) is 13.8 Å². The van der Waals surface area contributed by atoms with Gasteiger partial charge in [0.05, 0.1) is 12.2 Å². The molecule has 1 atom stereocenters. The number of fused-ring (bicyclic) bond motifs is 1. The molecule has 1 amide bonds. The summed E-state index contributed by atoms with van der Waals surface area (Å²) in [7, 11) is 0. The number of benzene rings is 1. The molecule has 0 saturated carbocycles. The van der Waals surface area contributed by atoms with E-state index in [-0.39, 0.29) is 11.8 Å². The number of carbonyl (C=O) groups excluding carboxylic acids is 1. The molecule has 1 aliphatic heterocycles. The third-order valence-corrected chi connectivity index (χ3v) is 4.48. The van der Waals surface area contributed by atoms with Crippen molar-refractivity contribution in [3.63, 3.8) is 0 Å². The van der Waals surface area contributed by atoms with Crippen molar-refractivity contribution in [1.82, 2.24) is 14.7 Å². The maximum atomic E-state index is 12.6. The van der Waals surface area contributed by atoms with Crippen molar-refractivity contribution in [1.29, 1.82) is 0 Å². The van der Waals surface area contributed by atoms with Crippen molar-refractivity contribution in [2.75, 3.05) is 6.54 Å². The van der Waals surface area contributed by atoms with Crippen molar-refractivity contribution < 1.29 is 19.4 Å². The fourth-order valence-electron chi connectivity index (χ4n) is 3.26.